The van der Waals surface area contributed by atoms with Crippen LogP contribution in [0.4, 0.5) is 0 Å². The number of benzene rings is 2. The highest BCUT2D eigenvalue weighted by Crippen LogP contribution is 2.26. The number of hydrogen-bond donors (Lipinski definition) is 2. The SMILES string of the molecule is COCOc1cc(O)ccc1CCNS(=O)(=O)c1cc(C#N)ccc1OC. The molecule has 2 N–H and O–H groups in total. The highest BCUT2D eigenvalue weighted by Gasteiger charge is 2.20. The third-order valence-electron chi connectivity index (χ3n) is 3.65. The first-order chi connectivity index (χ1) is 12.9. The molecule has 0 aromatic heterocycles. The standard InChI is InChI=1S/C18H20N2O6S/c1-24-12-26-17-10-15(21)5-4-14(17)7-8-20-27(22,23)18-9-13(11-19)3-6-16(18)25-2/h3-6,9-10,20-21H,7-8,12H2,1-2H3. The fourth-order valence-electron chi connectivity index (χ4n) is 2.36. The molecule has 2 rings (SSSR count). The molecule has 2 aromatic rings. The normalized spacial score (nSPS) is 11.0. The predicted octanol–water partition coefficient (Wildman–Crippen LogP) is 1.78. The molecule has 0 atom stereocenters. The number of sulfonamides is 1. The number of hydrogen-bond acceptors (Lipinski definition) is 7. The Labute approximate surface area is 158 Å². The molecule has 0 aliphatic heterocycles. The van der Waals surface area contributed by atoms with E-state index in [0.29, 0.717) is 17.7 Å². The number of phenolic OH excluding ortho intramolecular Hbond substituents is 1. The second-order valence-corrected chi connectivity index (χ2v) is 7.20. The lowest BCUT2D eigenvalue weighted by atomic mass is 10.1. The van der Waals surface area contributed by atoms with Gasteiger partial charge in [0.1, 0.15) is 22.1 Å². The number of phenols is 1. The van der Waals surface area contributed by atoms with Crippen LogP contribution in [0.25, 0.3) is 0 Å². The van der Waals surface area contributed by atoms with E-state index < -0.39 is 10.0 Å². The summed E-state index contributed by atoms with van der Waals surface area (Å²) in [6, 6.07) is 10.6. The van der Waals surface area contributed by atoms with Gasteiger partial charge in [0, 0.05) is 19.7 Å². The summed E-state index contributed by atoms with van der Waals surface area (Å²) in [4.78, 5) is -0.106. The Balaban J connectivity index is 2.14. The highest BCUT2D eigenvalue weighted by molar-refractivity contribution is 7.89. The summed E-state index contributed by atoms with van der Waals surface area (Å²) in [5, 5.41) is 18.6. The Hall–Kier alpha value is -2.80. The number of nitrogens with one attached hydrogen (secondary N) is 1. The average Bonchev–Trinajstić information content (AvgIpc) is 2.67. The van der Waals surface area contributed by atoms with Crippen molar-refractivity contribution in [2.75, 3.05) is 27.6 Å². The molecule has 0 radical (unpaired) electrons. The molecule has 0 saturated heterocycles. The maximum atomic E-state index is 12.6. The lowest BCUT2D eigenvalue weighted by Gasteiger charge is -2.13. The van der Waals surface area contributed by atoms with Crippen molar-refractivity contribution in [2.45, 2.75) is 11.3 Å². The number of rotatable bonds is 9. The zero-order valence-electron chi connectivity index (χ0n) is 14.9. The lowest BCUT2D eigenvalue weighted by molar-refractivity contribution is 0.0503. The Kier molecular flexibility index (Phi) is 7.01. The Morgan fingerprint density at radius 1 is 1.15 bits per heavy atom. The second kappa shape index (κ2) is 9.23. The minimum absolute atomic E-state index is 0.000329. The second-order valence-electron chi connectivity index (χ2n) is 5.47. The van der Waals surface area contributed by atoms with Crippen LogP contribution in [0.5, 0.6) is 17.2 Å². The number of methoxy groups -OCH3 is 2. The molecule has 0 aliphatic carbocycles. The molecule has 8 nitrogen and oxygen atoms in total. The molecule has 27 heavy (non-hydrogen) atoms. The van der Waals surface area contributed by atoms with Gasteiger partial charge in [-0.3, -0.25) is 0 Å². The molecule has 0 fully saturated rings. The van der Waals surface area contributed by atoms with Gasteiger partial charge in [0.15, 0.2) is 6.79 Å². The molecule has 0 heterocycles. The smallest absolute Gasteiger partial charge is 0.244 e. The minimum Gasteiger partial charge on any atom is -0.508 e. The zero-order chi connectivity index (χ0) is 19.9. The molecule has 9 heteroatoms. The van der Waals surface area contributed by atoms with E-state index in [1.54, 1.807) is 6.07 Å². The van der Waals surface area contributed by atoms with Crippen LogP contribution >= 0.6 is 0 Å². The monoisotopic (exact) mass is 392 g/mol. The number of aromatic hydroxyl groups is 1. The Morgan fingerprint density at radius 3 is 2.59 bits per heavy atom. The largest absolute Gasteiger partial charge is 0.508 e. The van der Waals surface area contributed by atoms with Crippen molar-refractivity contribution in [3.8, 4) is 23.3 Å². The summed E-state index contributed by atoms with van der Waals surface area (Å²) in [6.45, 7) is 0.0801. The van der Waals surface area contributed by atoms with Gasteiger partial charge in [0.25, 0.3) is 0 Å². The van der Waals surface area contributed by atoms with E-state index in [9.17, 15) is 13.5 Å². The van der Waals surface area contributed by atoms with Crippen LogP contribution in [0.1, 0.15) is 11.1 Å². The van der Waals surface area contributed by atoms with Gasteiger partial charge < -0.3 is 19.3 Å². The number of nitrogens with zero attached hydrogens (tertiary/aromatic N) is 1. The van der Waals surface area contributed by atoms with Crippen molar-refractivity contribution >= 4 is 10.0 Å². The van der Waals surface area contributed by atoms with Crippen molar-refractivity contribution in [1.29, 1.82) is 5.26 Å². The highest BCUT2D eigenvalue weighted by atomic mass is 32.2. The van der Waals surface area contributed by atoms with E-state index in [-0.39, 0.29) is 35.3 Å². The molecule has 0 amide bonds. The van der Waals surface area contributed by atoms with Gasteiger partial charge in [-0.05, 0) is 36.2 Å². The summed E-state index contributed by atoms with van der Waals surface area (Å²) in [7, 11) is -1.06. The molecule has 144 valence electrons. The van der Waals surface area contributed by atoms with E-state index in [2.05, 4.69) is 4.72 Å². The van der Waals surface area contributed by atoms with Crippen molar-refractivity contribution in [3.63, 3.8) is 0 Å². The molecule has 2 aromatic carbocycles. The third kappa shape index (κ3) is 5.34. The summed E-state index contributed by atoms with van der Waals surface area (Å²) < 4.78 is 43.0. The van der Waals surface area contributed by atoms with Crippen LogP contribution in [0.3, 0.4) is 0 Å². The first-order valence-corrected chi connectivity index (χ1v) is 9.41. The van der Waals surface area contributed by atoms with Crippen LogP contribution < -0.4 is 14.2 Å². The van der Waals surface area contributed by atoms with Crippen molar-refractivity contribution < 1.29 is 27.7 Å². The zero-order valence-corrected chi connectivity index (χ0v) is 15.7. The summed E-state index contributed by atoms with van der Waals surface area (Å²) in [5.41, 5.74) is 0.912. The molecule has 0 spiro atoms. The molecule has 0 bridgehead atoms. The van der Waals surface area contributed by atoms with E-state index >= 15 is 0 Å². The third-order valence-corrected chi connectivity index (χ3v) is 5.13. The van der Waals surface area contributed by atoms with Crippen LogP contribution in [0.15, 0.2) is 41.3 Å². The molecule has 0 unspecified atom stereocenters. The van der Waals surface area contributed by atoms with Crippen molar-refractivity contribution in [2.24, 2.45) is 0 Å². The van der Waals surface area contributed by atoms with Crippen LogP contribution in [0, 0.1) is 11.3 Å². The van der Waals surface area contributed by atoms with Gasteiger partial charge >= 0.3 is 0 Å². The van der Waals surface area contributed by atoms with Crippen molar-refractivity contribution in [3.05, 3.63) is 47.5 Å². The summed E-state index contributed by atoms with van der Waals surface area (Å²) in [5.74, 6) is 0.582. The van der Waals surface area contributed by atoms with Gasteiger partial charge in [-0.2, -0.15) is 5.26 Å². The minimum atomic E-state index is -3.88. The maximum absolute atomic E-state index is 12.6. The maximum Gasteiger partial charge on any atom is 0.244 e. The van der Waals surface area contributed by atoms with Gasteiger partial charge in [0.2, 0.25) is 10.0 Å². The van der Waals surface area contributed by atoms with Crippen molar-refractivity contribution in [1.82, 2.24) is 4.72 Å². The molecule has 0 saturated carbocycles. The first kappa shape index (κ1) is 20.5. The number of ether oxygens (including phenoxy) is 3. The quantitative estimate of drug-likeness (QED) is 0.625. The van der Waals surface area contributed by atoms with Gasteiger partial charge in [0.05, 0.1) is 18.7 Å². The first-order valence-electron chi connectivity index (χ1n) is 7.92. The predicted molar refractivity (Wildman–Crippen MR) is 97.2 cm³/mol. The van der Waals surface area contributed by atoms with E-state index in [1.807, 2.05) is 6.07 Å². The molecular weight excluding hydrogens is 372 g/mol. The Bertz CT molecular complexity index is 937. The van der Waals surface area contributed by atoms with Gasteiger partial charge in [-0.25, -0.2) is 13.1 Å². The lowest BCUT2D eigenvalue weighted by Crippen LogP contribution is -2.26. The Morgan fingerprint density at radius 2 is 1.93 bits per heavy atom. The van der Waals surface area contributed by atoms with Crippen LogP contribution in [0.2, 0.25) is 0 Å². The van der Waals surface area contributed by atoms with Crippen LogP contribution in [-0.4, -0.2) is 41.1 Å². The van der Waals surface area contributed by atoms with Gasteiger partial charge in [-0.15, -0.1) is 0 Å². The van der Waals surface area contributed by atoms with E-state index in [0.717, 1.165) is 0 Å². The fraction of sp³-hybridized carbons (Fsp3) is 0.278. The fourth-order valence-corrected chi connectivity index (χ4v) is 3.59. The average molecular weight is 392 g/mol. The number of nitriles is 1. The summed E-state index contributed by atoms with van der Waals surface area (Å²) >= 11 is 0. The topological polar surface area (TPSA) is 118 Å². The van der Waals surface area contributed by atoms with Crippen LogP contribution in [-0.2, 0) is 21.2 Å². The summed E-state index contributed by atoms with van der Waals surface area (Å²) in [6.07, 6.45) is 0.318. The van der Waals surface area contributed by atoms with E-state index in [4.69, 9.17) is 19.5 Å². The molecule has 0 aliphatic rings. The van der Waals surface area contributed by atoms with Gasteiger partial charge in [-0.1, -0.05) is 6.07 Å². The van der Waals surface area contributed by atoms with E-state index in [1.165, 1.54) is 44.6 Å². The molecular formula is C18H20N2O6S.